The van der Waals surface area contributed by atoms with Gasteiger partial charge in [0, 0.05) is 20.1 Å². The summed E-state index contributed by atoms with van der Waals surface area (Å²) in [7, 11) is -7.41. The first-order chi connectivity index (χ1) is 11.0. The SMILES string of the molecule is CCN(C)S(=O)(=O)NC(=N)[C@@H]1CC[C@@H]2CN1C(=O)N2OS(=O)(=O)O. The third-order valence-electron chi connectivity index (χ3n) is 3.93. The summed E-state index contributed by atoms with van der Waals surface area (Å²) < 4.78 is 61.7. The summed E-state index contributed by atoms with van der Waals surface area (Å²) >= 11 is 0. The molecule has 0 spiro atoms. The number of nitrogens with one attached hydrogen (secondary N) is 2. The Hall–Kier alpha value is -1.48. The van der Waals surface area contributed by atoms with Crippen molar-refractivity contribution in [2.45, 2.75) is 31.8 Å². The number of hydrogen-bond donors (Lipinski definition) is 3. The minimum Gasteiger partial charge on any atom is -0.310 e. The number of amidine groups is 1. The Morgan fingerprint density at radius 2 is 2.04 bits per heavy atom. The van der Waals surface area contributed by atoms with Crippen LogP contribution in [0.5, 0.6) is 0 Å². The lowest BCUT2D eigenvalue weighted by Crippen LogP contribution is -2.52. The van der Waals surface area contributed by atoms with E-state index < -0.39 is 44.6 Å². The van der Waals surface area contributed by atoms with Gasteiger partial charge in [-0.05, 0) is 12.8 Å². The van der Waals surface area contributed by atoms with E-state index in [2.05, 4.69) is 9.01 Å². The first-order valence-corrected chi connectivity index (χ1v) is 9.86. The number of amides is 2. The minimum atomic E-state index is -4.85. The summed E-state index contributed by atoms with van der Waals surface area (Å²) in [4.78, 5) is 13.3. The van der Waals surface area contributed by atoms with Crippen LogP contribution in [-0.4, -0.2) is 79.7 Å². The Morgan fingerprint density at radius 3 is 2.58 bits per heavy atom. The Balaban J connectivity index is 2.13. The number of carbonyl (C=O) groups is 1. The third kappa shape index (κ3) is 3.77. The molecule has 2 bridgehead atoms. The van der Waals surface area contributed by atoms with E-state index in [1.54, 1.807) is 6.92 Å². The number of urea groups is 1. The van der Waals surface area contributed by atoms with Gasteiger partial charge < -0.3 is 4.90 Å². The molecule has 2 atom stereocenters. The van der Waals surface area contributed by atoms with Gasteiger partial charge in [-0.15, -0.1) is 4.28 Å². The summed E-state index contributed by atoms with van der Waals surface area (Å²) in [6, 6.07) is -2.31. The molecule has 3 N–H and O–H groups in total. The van der Waals surface area contributed by atoms with Gasteiger partial charge in [0.15, 0.2) is 0 Å². The molecule has 2 aliphatic heterocycles. The van der Waals surface area contributed by atoms with Crippen molar-refractivity contribution < 1.29 is 30.5 Å². The number of nitrogens with zero attached hydrogens (tertiary/aromatic N) is 3. The summed E-state index contributed by atoms with van der Waals surface area (Å²) in [5.41, 5.74) is 0. The topological polar surface area (TPSA) is 160 Å². The number of rotatable bonds is 6. The van der Waals surface area contributed by atoms with Crippen LogP contribution in [0, 0.1) is 5.41 Å². The van der Waals surface area contributed by atoms with Crippen LogP contribution in [-0.2, 0) is 24.9 Å². The third-order valence-corrected chi connectivity index (χ3v) is 5.83. The van der Waals surface area contributed by atoms with E-state index in [1.807, 2.05) is 0 Å². The number of piperidine rings is 1. The smallest absolute Gasteiger partial charge is 0.310 e. The van der Waals surface area contributed by atoms with Crippen LogP contribution in [0.15, 0.2) is 0 Å². The fourth-order valence-corrected chi connectivity index (χ4v) is 3.88. The maximum atomic E-state index is 12.2. The zero-order valence-electron chi connectivity index (χ0n) is 13.0. The lowest BCUT2D eigenvalue weighted by atomic mass is 10.0. The maximum absolute atomic E-state index is 12.2. The average Bonchev–Trinajstić information content (AvgIpc) is 2.69. The highest BCUT2D eigenvalue weighted by molar-refractivity contribution is 7.87. The van der Waals surface area contributed by atoms with E-state index >= 15 is 0 Å². The van der Waals surface area contributed by atoms with Crippen LogP contribution in [0.2, 0.25) is 0 Å². The average molecular weight is 385 g/mol. The van der Waals surface area contributed by atoms with Gasteiger partial charge in [0.05, 0.1) is 12.1 Å². The largest absolute Gasteiger partial charge is 0.418 e. The second-order valence-electron chi connectivity index (χ2n) is 5.44. The van der Waals surface area contributed by atoms with E-state index in [9.17, 15) is 21.6 Å². The molecule has 0 saturated carbocycles. The molecule has 2 fully saturated rings. The Bertz CT molecular complexity index is 737. The minimum absolute atomic E-state index is 0.0622. The number of hydroxylamine groups is 2. The number of fused-ring (bicyclic) bond motifs is 2. The molecule has 0 aliphatic carbocycles. The summed E-state index contributed by atoms with van der Waals surface area (Å²) in [5.74, 6) is -0.393. The van der Waals surface area contributed by atoms with Gasteiger partial charge >= 0.3 is 26.6 Å². The van der Waals surface area contributed by atoms with Gasteiger partial charge in [0.1, 0.15) is 5.84 Å². The lowest BCUT2D eigenvalue weighted by Gasteiger charge is -2.31. The summed E-state index contributed by atoms with van der Waals surface area (Å²) in [6.07, 6.45) is 0.537. The fourth-order valence-electron chi connectivity index (χ4n) is 2.59. The molecule has 0 aromatic carbocycles. The molecule has 0 unspecified atom stereocenters. The van der Waals surface area contributed by atoms with Crippen molar-refractivity contribution in [2.75, 3.05) is 20.1 Å². The molecule has 12 nitrogen and oxygen atoms in total. The van der Waals surface area contributed by atoms with Crippen LogP contribution in [0.1, 0.15) is 19.8 Å². The van der Waals surface area contributed by atoms with Crippen molar-refractivity contribution in [3.63, 3.8) is 0 Å². The summed E-state index contributed by atoms with van der Waals surface area (Å²) in [5, 5.41) is 8.49. The van der Waals surface area contributed by atoms with E-state index in [-0.39, 0.29) is 25.9 Å². The molecule has 0 aromatic heterocycles. The molecular formula is C10H19N5O7S2. The molecule has 14 heteroatoms. The van der Waals surface area contributed by atoms with Crippen LogP contribution in [0.3, 0.4) is 0 Å². The van der Waals surface area contributed by atoms with E-state index in [0.29, 0.717) is 5.06 Å². The Labute approximate surface area is 139 Å². The number of hydrogen-bond acceptors (Lipinski definition) is 7. The van der Waals surface area contributed by atoms with Gasteiger partial charge in [-0.3, -0.25) is 14.7 Å². The summed E-state index contributed by atoms with van der Waals surface area (Å²) in [6.45, 7) is 1.89. The molecule has 2 aliphatic rings. The van der Waals surface area contributed by atoms with Crippen molar-refractivity contribution in [3.8, 4) is 0 Å². The van der Waals surface area contributed by atoms with Crippen molar-refractivity contribution in [1.82, 2.24) is 19.0 Å². The first kappa shape index (κ1) is 18.9. The number of carbonyl (C=O) groups excluding carboxylic acids is 1. The molecule has 2 amide bonds. The van der Waals surface area contributed by atoms with Crippen molar-refractivity contribution in [2.24, 2.45) is 0 Å². The normalized spacial score (nSPS) is 24.6. The Morgan fingerprint density at radius 1 is 1.42 bits per heavy atom. The second-order valence-corrected chi connectivity index (χ2v) is 8.23. The van der Waals surface area contributed by atoms with E-state index in [1.165, 1.54) is 7.05 Å². The predicted molar refractivity (Wildman–Crippen MR) is 81.5 cm³/mol. The molecule has 2 saturated heterocycles. The second kappa shape index (κ2) is 6.44. The van der Waals surface area contributed by atoms with Gasteiger partial charge in [0.25, 0.3) is 0 Å². The van der Waals surface area contributed by atoms with Crippen LogP contribution < -0.4 is 4.72 Å². The highest BCUT2D eigenvalue weighted by Gasteiger charge is 2.48. The molecule has 0 aromatic rings. The van der Waals surface area contributed by atoms with Crippen molar-refractivity contribution in [3.05, 3.63) is 0 Å². The fraction of sp³-hybridized carbons (Fsp3) is 0.800. The zero-order chi connectivity index (χ0) is 18.3. The standard InChI is InChI=1S/C10H19N5O7S2/c1-3-13(2)23(17,18)12-9(11)8-5-4-7-6-14(8)10(16)15(7)22-24(19,20)21/h7-8H,3-6H2,1-2H3,(H2,11,12)(H,19,20,21)/t7-,8+/m1/s1. The zero-order valence-corrected chi connectivity index (χ0v) is 14.7. The van der Waals surface area contributed by atoms with Gasteiger partial charge in [0.2, 0.25) is 0 Å². The van der Waals surface area contributed by atoms with Crippen molar-refractivity contribution >= 4 is 32.5 Å². The molecule has 0 radical (unpaired) electrons. The van der Waals surface area contributed by atoms with Crippen LogP contribution in [0.25, 0.3) is 0 Å². The predicted octanol–water partition coefficient (Wildman–Crippen LogP) is -1.25. The van der Waals surface area contributed by atoms with Gasteiger partial charge in [-0.1, -0.05) is 6.92 Å². The maximum Gasteiger partial charge on any atom is 0.418 e. The highest BCUT2D eigenvalue weighted by Crippen LogP contribution is 2.30. The van der Waals surface area contributed by atoms with E-state index in [0.717, 1.165) is 9.21 Å². The van der Waals surface area contributed by atoms with Crippen molar-refractivity contribution in [1.29, 1.82) is 5.41 Å². The van der Waals surface area contributed by atoms with Gasteiger partial charge in [-0.25, -0.2) is 4.79 Å². The monoisotopic (exact) mass is 385 g/mol. The van der Waals surface area contributed by atoms with Crippen LogP contribution >= 0.6 is 0 Å². The molecule has 138 valence electrons. The lowest BCUT2D eigenvalue weighted by molar-refractivity contribution is -0.0316. The molecule has 2 rings (SSSR count). The quantitative estimate of drug-likeness (QED) is 0.292. The molecular weight excluding hydrogens is 366 g/mol. The Kier molecular flexibility index (Phi) is 5.06. The molecule has 2 heterocycles. The van der Waals surface area contributed by atoms with E-state index in [4.69, 9.17) is 9.96 Å². The van der Waals surface area contributed by atoms with Gasteiger partial charge in [-0.2, -0.15) is 26.2 Å². The first-order valence-electron chi connectivity index (χ1n) is 7.05. The molecule has 24 heavy (non-hydrogen) atoms. The highest BCUT2D eigenvalue weighted by atomic mass is 32.3. The van der Waals surface area contributed by atoms with Crippen LogP contribution in [0.4, 0.5) is 4.79 Å².